The van der Waals surface area contributed by atoms with Gasteiger partial charge in [-0.25, -0.2) is 4.79 Å². The fraction of sp³-hybridized carbons (Fsp3) is 0.633. The number of nitrogens with zero attached hydrogens (tertiary/aromatic N) is 4. The summed E-state index contributed by atoms with van der Waals surface area (Å²) >= 11 is 0. The largest absolute Gasteiger partial charge is 0.488 e. The van der Waals surface area contributed by atoms with E-state index in [9.17, 15) is 14.4 Å². The van der Waals surface area contributed by atoms with Crippen molar-refractivity contribution in [1.82, 2.24) is 14.0 Å². The van der Waals surface area contributed by atoms with Gasteiger partial charge < -0.3 is 15.0 Å². The van der Waals surface area contributed by atoms with Gasteiger partial charge in [-0.3, -0.25) is 23.6 Å². The van der Waals surface area contributed by atoms with E-state index in [1.165, 1.54) is 4.57 Å². The van der Waals surface area contributed by atoms with E-state index in [1.807, 2.05) is 52.0 Å². The molecule has 1 aromatic carbocycles. The zero-order chi connectivity index (χ0) is 28.7. The maximum Gasteiger partial charge on any atom is 0.333 e. The van der Waals surface area contributed by atoms with Crippen LogP contribution in [0.1, 0.15) is 86.2 Å². The van der Waals surface area contributed by atoms with Crippen molar-refractivity contribution in [2.75, 3.05) is 42.9 Å². The second-order valence-electron chi connectivity index (χ2n) is 11.7. The Balaban J connectivity index is 1.54. The number of anilines is 2. The van der Waals surface area contributed by atoms with Gasteiger partial charge in [-0.05, 0) is 78.6 Å². The maximum absolute atomic E-state index is 13.1. The number of carbonyl (C=O) groups excluding carboxylic acids is 1. The van der Waals surface area contributed by atoms with Crippen molar-refractivity contribution in [3.63, 3.8) is 0 Å². The first-order chi connectivity index (χ1) is 18.4. The van der Waals surface area contributed by atoms with E-state index < -0.39 is 0 Å². The molecule has 3 rings (SSSR count). The molecule has 1 fully saturated rings. The molecule has 0 spiro atoms. The summed E-state index contributed by atoms with van der Waals surface area (Å²) in [4.78, 5) is 42.4. The highest BCUT2D eigenvalue weighted by molar-refractivity contribution is 5.90. The fourth-order valence-corrected chi connectivity index (χ4v) is 4.93. The number of hydrogen-bond acceptors (Lipinski definition) is 6. The maximum atomic E-state index is 13.1. The molecular formula is C30H47N5O4. The number of unbranched alkanes of at least 4 members (excludes halogenated alkanes) is 1. The quantitative estimate of drug-likeness (QED) is 0.420. The first-order valence-electron chi connectivity index (χ1n) is 14.4. The van der Waals surface area contributed by atoms with Gasteiger partial charge in [-0.2, -0.15) is 0 Å². The Morgan fingerprint density at radius 2 is 1.59 bits per heavy atom. The molecule has 0 aliphatic carbocycles. The number of amides is 1. The highest BCUT2D eigenvalue weighted by Gasteiger charge is 2.26. The third kappa shape index (κ3) is 8.21. The van der Waals surface area contributed by atoms with Crippen molar-refractivity contribution in [2.24, 2.45) is 0 Å². The Hall–Kier alpha value is -3.07. The Bertz CT molecular complexity index is 1210. The van der Waals surface area contributed by atoms with Crippen LogP contribution in [0.4, 0.5) is 11.5 Å². The summed E-state index contributed by atoms with van der Waals surface area (Å²) in [5.41, 5.74) is -0.0582. The summed E-state index contributed by atoms with van der Waals surface area (Å²) < 4.78 is 9.36. The number of benzene rings is 1. The average molecular weight is 542 g/mol. The number of hydrogen-bond donors (Lipinski definition) is 1. The first-order valence-corrected chi connectivity index (χ1v) is 14.4. The zero-order valence-corrected chi connectivity index (χ0v) is 24.8. The predicted molar refractivity (Wildman–Crippen MR) is 158 cm³/mol. The smallest absolute Gasteiger partial charge is 0.333 e. The monoisotopic (exact) mass is 541 g/mol. The molecule has 9 nitrogen and oxygen atoms in total. The second kappa shape index (κ2) is 13.3. The van der Waals surface area contributed by atoms with Crippen LogP contribution in [0.2, 0.25) is 0 Å². The molecule has 1 aliphatic rings. The Morgan fingerprint density at radius 3 is 2.15 bits per heavy atom. The van der Waals surface area contributed by atoms with E-state index in [0.717, 1.165) is 63.4 Å². The van der Waals surface area contributed by atoms with Crippen LogP contribution in [0.3, 0.4) is 0 Å². The van der Waals surface area contributed by atoms with Gasteiger partial charge >= 0.3 is 5.69 Å². The zero-order valence-electron chi connectivity index (χ0n) is 24.8. The van der Waals surface area contributed by atoms with Crippen molar-refractivity contribution < 1.29 is 9.53 Å². The molecule has 0 radical (unpaired) electrons. The minimum absolute atomic E-state index is 0.0402. The summed E-state index contributed by atoms with van der Waals surface area (Å²) in [6, 6.07) is 8.96. The van der Waals surface area contributed by atoms with E-state index in [-0.39, 0.29) is 34.8 Å². The van der Waals surface area contributed by atoms with Gasteiger partial charge in [0.25, 0.3) is 5.56 Å². The lowest BCUT2D eigenvalue weighted by Crippen LogP contribution is -2.51. The number of ether oxygens (including phenoxy) is 1. The standard InChI is InChI=1S/C30H47N5O4/c1-8-9-10-26(36)31-24-11-13-25(14-12-24)39-30(6,7)15-16-32-17-19-33(20-18-32)27-21-28(37)35(23(4)5)29(38)34(27)22(2)3/h11-14,21-23H,8-10,15-20H2,1-7H3,(H,31,36). The molecule has 0 bridgehead atoms. The van der Waals surface area contributed by atoms with Crippen molar-refractivity contribution in [2.45, 2.75) is 91.8 Å². The van der Waals surface area contributed by atoms with E-state index >= 15 is 0 Å². The van der Waals surface area contributed by atoms with Gasteiger partial charge in [0.15, 0.2) is 0 Å². The number of nitrogens with one attached hydrogen (secondary N) is 1. The predicted octanol–water partition coefficient (Wildman–Crippen LogP) is 4.67. The summed E-state index contributed by atoms with van der Waals surface area (Å²) in [6.07, 6.45) is 3.28. The number of piperazine rings is 1. The van der Waals surface area contributed by atoms with Crippen LogP contribution in [-0.2, 0) is 4.79 Å². The van der Waals surface area contributed by atoms with Crippen LogP contribution in [-0.4, -0.2) is 58.3 Å². The van der Waals surface area contributed by atoms with Crippen LogP contribution in [0, 0.1) is 0 Å². The molecule has 1 N–H and O–H groups in total. The molecule has 0 saturated carbocycles. The molecule has 2 aromatic rings. The van der Waals surface area contributed by atoms with E-state index in [0.29, 0.717) is 12.2 Å². The highest BCUT2D eigenvalue weighted by atomic mass is 16.5. The minimum Gasteiger partial charge on any atom is -0.488 e. The van der Waals surface area contributed by atoms with E-state index in [1.54, 1.807) is 10.6 Å². The van der Waals surface area contributed by atoms with Crippen molar-refractivity contribution >= 4 is 17.4 Å². The third-order valence-corrected chi connectivity index (χ3v) is 7.20. The van der Waals surface area contributed by atoms with Gasteiger partial charge in [0.2, 0.25) is 5.91 Å². The van der Waals surface area contributed by atoms with Gasteiger partial charge in [-0.1, -0.05) is 13.3 Å². The average Bonchev–Trinajstić information content (AvgIpc) is 2.87. The topological polar surface area (TPSA) is 88.8 Å². The third-order valence-electron chi connectivity index (χ3n) is 7.20. The summed E-state index contributed by atoms with van der Waals surface area (Å²) in [7, 11) is 0. The Kier molecular flexibility index (Phi) is 10.4. The molecule has 39 heavy (non-hydrogen) atoms. The highest BCUT2D eigenvalue weighted by Crippen LogP contribution is 2.24. The summed E-state index contributed by atoms with van der Waals surface area (Å²) in [6.45, 7) is 18.0. The van der Waals surface area contributed by atoms with Crippen molar-refractivity contribution in [1.29, 1.82) is 0 Å². The first kappa shape index (κ1) is 30.5. The van der Waals surface area contributed by atoms with Gasteiger partial charge in [-0.15, -0.1) is 0 Å². The molecule has 1 aliphatic heterocycles. The van der Waals surface area contributed by atoms with Crippen LogP contribution in [0.25, 0.3) is 0 Å². The molecule has 1 aromatic heterocycles. The van der Waals surface area contributed by atoms with Crippen LogP contribution < -0.4 is 26.2 Å². The SMILES string of the molecule is CCCCC(=O)Nc1ccc(OC(C)(C)CCN2CCN(c3cc(=O)n(C(C)C)c(=O)n3C(C)C)CC2)cc1. The van der Waals surface area contributed by atoms with Crippen molar-refractivity contribution in [3.8, 4) is 5.75 Å². The fourth-order valence-electron chi connectivity index (χ4n) is 4.93. The van der Waals surface area contributed by atoms with Crippen LogP contribution in [0.15, 0.2) is 39.9 Å². The number of rotatable bonds is 12. The number of carbonyl (C=O) groups is 1. The normalized spacial score (nSPS) is 14.7. The molecule has 0 unspecified atom stereocenters. The summed E-state index contributed by atoms with van der Waals surface area (Å²) in [5.74, 6) is 1.53. The van der Waals surface area contributed by atoms with E-state index in [2.05, 4.69) is 35.9 Å². The molecule has 216 valence electrons. The van der Waals surface area contributed by atoms with Gasteiger partial charge in [0.05, 0.1) is 0 Å². The molecule has 2 heterocycles. The lowest BCUT2D eigenvalue weighted by atomic mass is 10.0. The lowest BCUT2D eigenvalue weighted by Gasteiger charge is -2.38. The van der Waals surface area contributed by atoms with Gasteiger partial charge in [0.1, 0.15) is 17.2 Å². The number of aromatic nitrogens is 2. The summed E-state index contributed by atoms with van der Waals surface area (Å²) in [5, 5.41) is 2.93. The van der Waals surface area contributed by atoms with Crippen molar-refractivity contribution in [3.05, 3.63) is 51.2 Å². The Labute approximate surface area is 232 Å². The lowest BCUT2D eigenvalue weighted by molar-refractivity contribution is -0.116. The molecular weight excluding hydrogens is 494 g/mol. The minimum atomic E-state index is -0.359. The van der Waals surface area contributed by atoms with Crippen LogP contribution in [0.5, 0.6) is 5.75 Å². The van der Waals surface area contributed by atoms with E-state index in [4.69, 9.17) is 4.74 Å². The van der Waals surface area contributed by atoms with Gasteiger partial charge in [0, 0.05) is 63.0 Å². The molecule has 0 atom stereocenters. The molecule has 1 amide bonds. The Morgan fingerprint density at radius 1 is 0.974 bits per heavy atom. The molecule has 1 saturated heterocycles. The second-order valence-corrected chi connectivity index (χ2v) is 11.7. The molecule has 9 heteroatoms. The van der Waals surface area contributed by atoms with Crippen LogP contribution >= 0.6 is 0 Å².